The number of nitrogens with zero attached hydrogens (tertiary/aromatic N) is 4. The van der Waals surface area contributed by atoms with E-state index in [1.54, 1.807) is 6.33 Å². The lowest BCUT2D eigenvalue weighted by Crippen LogP contribution is -2.30. The molecule has 0 bridgehead atoms. The number of anilines is 1. The molecule has 0 aliphatic rings. The summed E-state index contributed by atoms with van der Waals surface area (Å²) < 4.78 is 4.70. The Labute approximate surface area is 104 Å². The molecule has 0 fully saturated rings. The Kier molecular flexibility index (Phi) is 3.40. The van der Waals surface area contributed by atoms with Crippen LogP contribution in [0.5, 0.6) is 0 Å². The Balaban J connectivity index is 2.20. The van der Waals surface area contributed by atoms with E-state index < -0.39 is 0 Å². The van der Waals surface area contributed by atoms with E-state index in [0.717, 1.165) is 5.52 Å². The molecule has 0 aliphatic heterocycles. The molecule has 0 saturated heterocycles. The van der Waals surface area contributed by atoms with Gasteiger partial charge in [0.25, 0.3) is 0 Å². The van der Waals surface area contributed by atoms with Crippen LogP contribution in [0.15, 0.2) is 12.7 Å². The van der Waals surface area contributed by atoms with Gasteiger partial charge in [-0.3, -0.25) is 4.79 Å². The normalized spacial score (nSPS) is 12.4. The summed E-state index contributed by atoms with van der Waals surface area (Å²) in [7, 11) is 3.25. The number of esters is 1. The monoisotopic (exact) mass is 249 g/mol. The van der Waals surface area contributed by atoms with Gasteiger partial charge in [-0.2, -0.15) is 0 Å². The smallest absolute Gasteiger partial charge is 0.310 e. The molecule has 0 aromatic carbocycles. The lowest BCUT2D eigenvalue weighted by molar-refractivity contribution is -0.144. The highest BCUT2D eigenvalue weighted by Crippen LogP contribution is 2.19. The van der Waals surface area contributed by atoms with Gasteiger partial charge >= 0.3 is 5.97 Å². The summed E-state index contributed by atoms with van der Waals surface area (Å²) in [6, 6.07) is 0. The van der Waals surface area contributed by atoms with Crippen molar-refractivity contribution in [2.45, 2.75) is 6.92 Å². The van der Waals surface area contributed by atoms with Gasteiger partial charge in [0.15, 0.2) is 11.5 Å². The van der Waals surface area contributed by atoms with Crippen LogP contribution in [0.1, 0.15) is 6.92 Å². The highest BCUT2D eigenvalue weighted by atomic mass is 16.5. The Morgan fingerprint density at radius 3 is 3.00 bits per heavy atom. The van der Waals surface area contributed by atoms with Crippen molar-refractivity contribution in [3.63, 3.8) is 0 Å². The van der Waals surface area contributed by atoms with Crippen molar-refractivity contribution in [1.82, 2.24) is 19.9 Å². The summed E-state index contributed by atoms with van der Waals surface area (Å²) >= 11 is 0. The van der Waals surface area contributed by atoms with Crippen LogP contribution in [0.3, 0.4) is 0 Å². The third-order valence-corrected chi connectivity index (χ3v) is 2.72. The third kappa shape index (κ3) is 2.24. The molecule has 0 saturated carbocycles. The molecule has 0 amide bonds. The zero-order valence-electron chi connectivity index (χ0n) is 10.5. The second kappa shape index (κ2) is 4.99. The second-order valence-corrected chi connectivity index (χ2v) is 4.10. The number of aromatic amines is 1. The molecule has 1 N–H and O–H groups in total. The first kappa shape index (κ1) is 12.3. The van der Waals surface area contributed by atoms with Crippen molar-refractivity contribution in [3.05, 3.63) is 12.7 Å². The maximum Gasteiger partial charge on any atom is 0.310 e. The van der Waals surface area contributed by atoms with Crippen LogP contribution >= 0.6 is 0 Å². The van der Waals surface area contributed by atoms with Gasteiger partial charge in [0.05, 0.1) is 19.4 Å². The molecule has 2 heterocycles. The number of ether oxygens (including phenoxy) is 1. The van der Waals surface area contributed by atoms with E-state index in [1.807, 2.05) is 18.9 Å². The number of fused-ring (bicyclic) bond motifs is 1. The molecule has 96 valence electrons. The molecule has 7 nitrogen and oxygen atoms in total. The maximum atomic E-state index is 11.4. The molecule has 0 radical (unpaired) electrons. The highest BCUT2D eigenvalue weighted by Gasteiger charge is 2.18. The molecule has 0 spiro atoms. The summed E-state index contributed by atoms with van der Waals surface area (Å²) in [6.07, 6.45) is 3.03. The quantitative estimate of drug-likeness (QED) is 0.799. The van der Waals surface area contributed by atoms with Crippen molar-refractivity contribution < 1.29 is 9.53 Å². The van der Waals surface area contributed by atoms with Crippen molar-refractivity contribution >= 4 is 23.0 Å². The van der Waals surface area contributed by atoms with Gasteiger partial charge in [0, 0.05) is 13.6 Å². The van der Waals surface area contributed by atoms with Crippen molar-refractivity contribution in [3.8, 4) is 0 Å². The Morgan fingerprint density at radius 1 is 1.50 bits per heavy atom. The Morgan fingerprint density at radius 2 is 2.28 bits per heavy atom. The summed E-state index contributed by atoms with van der Waals surface area (Å²) in [5.74, 6) is 0.248. The second-order valence-electron chi connectivity index (χ2n) is 4.10. The van der Waals surface area contributed by atoms with Crippen molar-refractivity contribution in [2.75, 3.05) is 25.6 Å². The van der Waals surface area contributed by atoms with Crippen molar-refractivity contribution in [1.29, 1.82) is 0 Å². The number of imidazole rings is 1. The van der Waals surface area contributed by atoms with E-state index in [1.165, 1.54) is 13.4 Å². The molecule has 7 heteroatoms. The molecule has 1 unspecified atom stereocenters. The van der Waals surface area contributed by atoms with Crippen molar-refractivity contribution in [2.24, 2.45) is 5.92 Å². The van der Waals surface area contributed by atoms with Crippen LogP contribution in [-0.4, -0.2) is 46.6 Å². The average molecular weight is 249 g/mol. The first-order valence-corrected chi connectivity index (χ1v) is 5.56. The van der Waals surface area contributed by atoms with Crippen LogP contribution < -0.4 is 4.90 Å². The highest BCUT2D eigenvalue weighted by molar-refractivity contribution is 5.83. The summed E-state index contributed by atoms with van der Waals surface area (Å²) in [6.45, 7) is 2.32. The van der Waals surface area contributed by atoms with Gasteiger partial charge in [-0.05, 0) is 0 Å². The summed E-state index contributed by atoms with van der Waals surface area (Å²) in [5, 5.41) is 0. The lowest BCUT2D eigenvalue weighted by atomic mass is 10.2. The fourth-order valence-electron chi connectivity index (χ4n) is 1.81. The van der Waals surface area contributed by atoms with Gasteiger partial charge in [0.2, 0.25) is 0 Å². The van der Waals surface area contributed by atoms with E-state index in [0.29, 0.717) is 18.0 Å². The Hall–Kier alpha value is -2.18. The number of rotatable bonds is 4. The molecule has 0 aliphatic carbocycles. The van der Waals surface area contributed by atoms with Crippen LogP contribution in [0, 0.1) is 5.92 Å². The number of carbonyl (C=O) groups is 1. The molecular weight excluding hydrogens is 234 g/mol. The first-order valence-electron chi connectivity index (χ1n) is 5.56. The zero-order chi connectivity index (χ0) is 13.1. The fraction of sp³-hybridized carbons (Fsp3) is 0.455. The van der Waals surface area contributed by atoms with E-state index in [-0.39, 0.29) is 11.9 Å². The number of methoxy groups -OCH3 is 1. The minimum Gasteiger partial charge on any atom is -0.469 e. The van der Waals surface area contributed by atoms with Crippen LogP contribution in [0.2, 0.25) is 0 Å². The number of hydrogen-bond donors (Lipinski definition) is 1. The number of aromatic nitrogens is 4. The van der Waals surface area contributed by atoms with E-state index >= 15 is 0 Å². The lowest BCUT2D eigenvalue weighted by Gasteiger charge is -2.21. The molecule has 2 aromatic heterocycles. The average Bonchev–Trinajstić information content (AvgIpc) is 2.85. The van der Waals surface area contributed by atoms with E-state index in [9.17, 15) is 4.79 Å². The molecule has 1 atom stereocenters. The number of carbonyl (C=O) groups excluding carboxylic acids is 1. The predicted molar refractivity (Wildman–Crippen MR) is 66.1 cm³/mol. The van der Waals surface area contributed by atoms with Crippen LogP contribution in [0.4, 0.5) is 5.82 Å². The van der Waals surface area contributed by atoms with Crippen LogP contribution in [0.25, 0.3) is 11.2 Å². The SMILES string of the molecule is COC(=O)C(C)CN(C)c1ncnc2nc[nH]c12. The summed E-state index contributed by atoms with van der Waals surface area (Å²) in [5.41, 5.74) is 1.37. The molecule has 2 rings (SSSR count). The number of H-pyrrole nitrogens is 1. The van der Waals surface area contributed by atoms with Gasteiger partial charge in [-0.15, -0.1) is 0 Å². The topological polar surface area (TPSA) is 84.0 Å². The van der Waals surface area contributed by atoms with Gasteiger partial charge in [0.1, 0.15) is 11.8 Å². The first-order chi connectivity index (χ1) is 8.63. The minimum absolute atomic E-state index is 0.229. The third-order valence-electron chi connectivity index (χ3n) is 2.72. The molecule has 2 aromatic rings. The summed E-state index contributed by atoms with van der Waals surface area (Å²) in [4.78, 5) is 28.6. The largest absolute Gasteiger partial charge is 0.469 e. The Bertz CT molecular complexity index is 553. The number of nitrogens with one attached hydrogen (secondary N) is 1. The van der Waals surface area contributed by atoms with Crippen LogP contribution in [-0.2, 0) is 9.53 Å². The molecule has 18 heavy (non-hydrogen) atoms. The standard InChI is InChI=1S/C11H15N5O2/c1-7(11(17)18-3)4-16(2)10-8-9(13-5-12-8)14-6-15-10/h5-7H,4H2,1-3H3,(H,12,13,14,15). The van der Waals surface area contributed by atoms with E-state index in [4.69, 9.17) is 4.74 Å². The number of hydrogen-bond acceptors (Lipinski definition) is 6. The fourth-order valence-corrected chi connectivity index (χ4v) is 1.81. The van der Waals surface area contributed by atoms with E-state index in [2.05, 4.69) is 19.9 Å². The van der Waals surface area contributed by atoms with Gasteiger partial charge in [-0.25, -0.2) is 15.0 Å². The predicted octanol–water partition coefficient (Wildman–Crippen LogP) is 0.598. The zero-order valence-corrected chi connectivity index (χ0v) is 10.5. The van der Waals surface area contributed by atoms with Gasteiger partial charge in [-0.1, -0.05) is 6.92 Å². The molecular formula is C11H15N5O2. The van der Waals surface area contributed by atoms with Gasteiger partial charge < -0.3 is 14.6 Å². The maximum absolute atomic E-state index is 11.4. The minimum atomic E-state index is -0.239.